The molecule has 3 rings (SSSR count). The predicted molar refractivity (Wildman–Crippen MR) is 71.6 cm³/mol. The minimum absolute atomic E-state index is 0.197. The fraction of sp³-hybridized carbons (Fsp3) is 0.267. The molecule has 1 atom stereocenters. The Hall–Kier alpha value is -2.23. The molecular formula is C15H14N2O2. The first kappa shape index (κ1) is 11.8. The molecule has 0 bridgehead atoms. The highest BCUT2D eigenvalue weighted by Crippen LogP contribution is 2.26. The summed E-state index contributed by atoms with van der Waals surface area (Å²) >= 11 is 0. The van der Waals surface area contributed by atoms with Gasteiger partial charge in [-0.2, -0.15) is 0 Å². The van der Waals surface area contributed by atoms with Gasteiger partial charge in [-0.1, -0.05) is 17.7 Å². The molecule has 1 N–H and O–H groups in total. The second-order valence-corrected chi connectivity index (χ2v) is 4.96. The van der Waals surface area contributed by atoms with Gasteiger partial charge in [0.2, 0.25) is 11.8 Å². The maximum Gasteiger partial charge on any atom is 0.235 e. The minimum atomic E-state index is -0.316. The van der Waals surface area contributed by atoms with Gasteiger partial charge in [0.1, 0.15) is 0 Å². The molecule has 1 aliphatic rings. The van der Waals surface area contributed by atoms with Crippen LogP contribution in [0, 0.1) is 6.92 Å². The Morgan fingerprint density at radius 1 is 1.21 bits per heavy atom. The zero-order chi connectivity index (χ0) is 13.4. The second-order valence-electron chi connectivity index (χ2n) is 4.96. The van der Waals surface area contributed by atoms with Crippen LogP contribution >= 0.6 is 0 Å². The molecule has 2 aromatic rings. The van der Waals surface area contributed by atoms with E-state index in [0.29, 0.717) is 12.8 Å². The number of nitrogens with zero attached hydrogens (tertiary/aromatic N) is 1. The number of aryl methyl sites for hydroxylation is 1. The van der Waals surface area contributed by atoms with E-state index in [0.717, 1.165) is 16.5 Å². The van der Waals surface area contributed by atoms with Gasteiger partial charge in [-0.05, 0) is 30.9 Å². The smallest absolute Gasteiger partial charge is 0.235 e. The quantitative estimate of drug-likeness (QED) is 0.792. The third-order valence-corrected chi connectivity index (χ3v) is 3.49. The zero-order valence-electron chi connectivity index (χ0n) is 10.6. The number of amides is 2. The Labute approximate surface area is 110 Å². The Bertz CT molecular complexity index is 679. The third kappa shape index (κ3) is 2.21. The predicted octanol–water partition coefficient (Wildman–Crippen LogP) is 2.06. The van der Waals surface area contributed by atoms with Crippen molar-refractivity contribution >= 4 is 22.6 Å². The lowest BCUT2D eigenvalue weighted by atomic mass is 9.93. The molecule has 1 aromatic carbocycles. The van der Waals surface area contributed by atoms with E-state index in [1.165, 1.54) is 5.56 Å². The summed E-state index contributed by atoms with van der Waals surface area (Å²) in [5, 5.41) is 4.50. The average molecular weight is 254 g/mol. The maximum absolute atomic E-state index is 11.8. The van der Waals surface area contributed by atoms with Crippen molar-refractivity contribution in [1.29, 1.82) is 0 Å². The summed E-state index contributed by atoms with van der Waals surface area (Å²) in [7, 11) is 0. The van der Waals surface area contributed by atoms with E-state index in [1.807, 2.05) is 25.1 Å². The van der Waals surface area contributed by atoms with Crippen LogP contribution in [0.1, 0.15) is 30.0 Å². The highest BCUT2D eigenvalue weighted by atomic mass is 16.2. The lowest BCUT2D eigenvalue weighted by Crippen LogP contribution is -2.39. The van der Waals surface area contributed by atoms with Crippen molar-refractivity contribution < 1.29 is 9.59 Å². The molecular weight excluding hydrogens is 240 g/mol. The van der Waals surface area contributed by atoms with Crippen LogP contribution in [0.3, 0.4) is 0 Å². The first-order chi connectivity index (χ1) is 9.13. The SMILES string of the molecule is Cc1ccc2cc(C3CCC(=O)NC3=O)ncc2c1. The van der Waals surface area contributed by atoms with Crippen LogP contribution in [0.4, 0.5) is 0 Å². The molecule has 4 heteroatoms. The number of nitrogens with one attached hydrogen (secondary N) is 1. The summed E-state index contributed by atoms with van der Waals surface area (Å²) in [6.45, 7) is 2.04. The third-order valence-electron chi connectivity index (χ3n) is 3.49. The highest BCUT2D eigenvalue weighted by molar-refractivity contribution is 6.01. The normalized spacial score (nSPS) is 19.5. The zero-order valence-corrected chi connectivity index (χ0v) is 10.6. The average Bonchev–Trinajstić information content (AvgIpc) is 2.38. The van der Waals surface area contributed by atoms with Crippen molar-refractivity contribution in [1.82, 2.24) is 10.3 Å². The van der Waals surface area contributed by atoms with Crippen LogP contribution in [0.2, 0.25) is 0 Å². The summed E-state index contributed by atoms with van der Waals surface area (Å²) in [5.74, 6) is -0.753. The number of carbonyl (C=O) groups is 2. The number of rotatable bonds is 1. The minimum Gasteiger partial charge on any atom is -0.296 e. The van der Waals surface area contributed by atoms with Crippen molar-refractivity contribution in [3.05, 3.63) is 41.7 Å². The van der Waals surface area contributed by atoms with Crippen molar-refractivity contribution in [3.8, 4) is 0 Å². The number of hydrogen-bond acceptors (Lipinski definition) is 3. The first-order valence-electron chi connectivity index (χ1n) is 6.33. The lowest BCUT2D eigenvalue weighted by molar-refractivity contribution is -0.134. The van der Waals surface area contributed by atoms with Crippen LogP contribution in [-0.2, 0) is 9.59 Å². The standard InChI is InChI=1S/C15H14N2O2/c1-9-2-3-10-7-13(16-8-11(10)6-9)12-4-5-14(18)17-15(12)19/h2-3,6-8,12H,4-5H2,1H3,(H,17,18,19). The van der Waals surface area contributed by atoms with Crippen LogP contribution in [-0.4, -0.2) is 16.8 Å². The monoisotopic (exact) mass is 254 g/mol. The van der Waals surface area contributed by atoms with Gasteiger partial charge in [-0.25, -0.2) is 0 Å². The molecule has 1 unspecified atom stereocenters. The highest BCUT2D eigenvalue weighted by Gasteiger charge is 2.28. The summed E-state index contributed by atoms with van der Waals surface area (Å²) in [4.78, 5) is 27.3. The Morgan fingerprint density at radius 3 is 2.84 bits per heavy atom. The molecule has 1 fully saturated rings. The number of pyridine rings is 1. The Morgan fingerprint density at radius 2 is 2.05 bits per heavy atom. The summed E-state index contributed by atoms with van der Waals surface area (Å²) in [6, 6.07) is 8.07. The largest absolute Gasteiger partial charge is 0.296 e. The van der Waals surface area contributed by atoms with Crippen LogP contribution in [0.25, 0.3) is 10.8 Å². The van der Waals surface area contributed by atoms with E-state index in [9.17, 15) is 9.59 Å². The van der Waals surface area contributed by atoms with Crippen LogP contribution in [0.15, 0.2) is 30.5 Å². The summed E-state index contributed by atoms with van der Waals surface area (Å²) < 4.78 is 0. The van der Waals surface area contributed by atoms with Crippen LogP contribution in [0.5, 0.6) is 0 Å². The number of fused-ring (bicyclic) bond motifs is 1. The first-order valence-corrected chi connectivity index (χ1v) is 6.33. The topological polar surface area (TPSA) is 59.1 Å². The molecule has 1 saturated heterocycles. The fourth-order valence-electron chi connectivity index (χ4n) is 2.44. The fourth-order valence-corrected chi connectivity index (χ4v) is 2.44. The number of imide groups is 1. The molecule has 2 heterocycles. The van der Waals surface area contributed by atoms with E-state index < -0.39 is 0 Å². The lowest BCUT2D eigenvalue weighted by Gasteiger charge is -2.20. The number of piperidine rings is 1. The van der Waals surface area contributed by atoms with E-state index in [1.54, 1.807) is 6.20 Å². The molecule has 4 nitrogen and oxygen atoms in total. The van der Waals surface area contributed by atoms with Crippen molar-refractivity contribution in [2.75, 3.05) is 0 Å². The van der Waals surface area contributed by atoms with Crippen molar-refractivity contribution in [2.45, 2.75) is 25.7 Å². The van der Waals surface area contributed by atoms with Gasteiger partial charge in [0.15, 0.2) is 0 Å². The molecule has 96 valence electrons. The van der Waals surface area contributed by atoms with Gasteiger partial charge in [0.25, 0.3) is 0 Å². The van der Waals surface area contributed by atoms with Gasteiger partial charge in [0.05, 0.1) is 11.6 Å². The van der Waals surface area contributed by atoms with Gasteiger partial charge < -0.3 is 0 Å². The van der Waals surface area contributed by atoms with Gasteiger partial charge in [0, 0.05) is 18.0 Å². The molecule has 0 spiro atoms. The molecule has 0 aliphatic carbocycles. The number of benzene rings is 1. The molecule has 19 heavy (non-hydrogen) atoms. The van der Waals surface area contributed by atoms with E-state index in [-0.39, 0.29) is 17.7 Å². The molecule has 0 radical (unpaired) electrons. The molecule has 0 saturated carbocycles. The molecule has 2 amide bonds. The van der Waals surface area contributed by atoms with E-state index >= 15 is 0 Å². The van der Waals surface area contributed by atoms with Crippen LogP contribution < -0.4 is 5.32 Å². The number of hydrogen-bond donors (Lipinski definition) is 1. The summed E-state index contributed by atoms with van der Waals surface area (Å²) in [5.41, 5.74) is 1.92. The van der Waals surface area contributed by atoms with Gasteiger partial charge in [-0.15, -0.1) is 0 Å². The van der Waals surface area contributed by atoms with Crippen molar-refractivity contribution in [2.24, 2.45) is 0 Å². The van der Waals surface area contributed by atoms with Crippen molar-refractivity contribution in [3.63, 3.8) is 0 Å². The Kier molecular flexibility index (Phi) is 2.78. The van der Waals surface area contributed by atoms with E-state index in [4.69, 9.17) is 0 Å². The molecule has 1 aliphatic heterocycles. The second kappa shape index (κ2) is 4.46. The van der Waals surface area contributed by atoms with Gasteiger partial charge in [-0.3, -0.25) is 19.9 Å². The molecule has 1 aromatic heterocycles. The maximum atomic E-state index is 11.8. The number of aromatic nitrogens is 1. The summed E-state index contributed by atoms with van der Waals surface area (Å²) in [6.07, 6.45) is 2.71. The van der Waals surface area contributed by atoms with E-state index in [2.05, 4.69) is 16.4 Å². The van der Waals surface area contributed by atoms with Gasteiger partial charge >= 0.3 is 0 Å². The Balaban J connectivity index is 1.99. The number of carbonyl (C=O) groups excluding carboxylic acids is 2.